The molecular weight excluding hydrogens is 360 g/mol. The smallest absolute Gasteiger partial charge is 0.348 e. The maximum Gasteiger partial charge on any atom is 0.348 e. The van der Waals surface area contributed by atoms with Crippen LogP contribution in [0.2, 0.25) is 0 Å². The fourth-order valence-corrected chi connectivity index (χ4v) is 4.50. The Labute approximate surface area is 151 Å². The van der Waals surface area contributed by atoms with Crippen molar-refractivity contribution in [1.29, 1.82) is 0 Å². The number of carbonyl (C=O) groups is 3. The molecule has 3 aromatic rings. The summed E-state index contributed by atoms with van der Waals surface area (Å²) < 4.78 is 10.7. The van der Waals surface area contributed by atoms with Gasteiger partial charge in [-0.05, 0) is 36.4 Å². The fraction of sp³-hybridized carbons (Fsp3) is 0.167. The van der Waals surface area contributed by atoms with Crippen LogP contribution in [0.15, 0.2) is 36.4 Å². The Kier molecular flexibility index (Phi) is 4.96. The molecule has 3 rings (SSSR count). The minimum atomic E-state index is -0.376. The number of benzene rings is 1. The van der Waals surface area contributed by atoms with Gasteiger partial charge < -0.3 is 9.47 Å². The van der Waals surface area contributed by atoms with E-state index in [0.29, 0.717) is 27.5 Å². The van der Waals surface area contributed by atoms with Gasteiger partial charge in [0, 0.05) is 17.4 Å². The van der Waals surface area contributed by atoms with Gasteiger partial charge in [-0.15, -0.1) is 22.7 Å². The molecule has 128 valence electrons. The lowest BCUT2D eigenvalue weighted by atomic mass is 10.1. The highest BCUT2D eigenvalue weighted by atomic mass is 32.2. The summed E-state index contributed by atoms with van der Waals surface area (Å²) in [5, 5.41) is 0.854. The van der Waals surface area contributed by atoms with Gasteiger partial charge in [-0.1, -0.05) is 6.92 Å². The van der Waals surface area contributed by atoms with Crippen molar-refractivity contribution in [2.45, 2.75) is 13.3 Å². The van der Waals surface area contributed by atoms with Crippen LogP contribution in [0.5, 0.6) is 5.75 Å². The van der Waals surface area contributed by atoms with Crippen molar-refractivity contribution < 1.29 is 23.9 Å². The van der Waals surface area contributed by atoms with E-state index in [4.69, 9.17) is 9.47 Å². The van der Waals surface area contributed by atoms with Crippen LogP contribution in [0.1, 0.15) is 38.3 Å². The highest BCUT2D eigenvalue weighted by molar-refractivity contribution is 7.39. The van der Waals surface area contributed by atoms with Crippen LogP contribution in [-0.4, -0.2) is 24.8 Å². The van der Waals surface area contributed by atoms with Crippen LogP contribution < -0.4 is 4.74 Å². The summed E-state index contributed by atoms with van der Waals surface area (Å²) in [6.07, 6.45) is 0.292. The van der Waals surface area contributed by atoms with E-state index in [2.05, 4.69) is 0 Å². The first-order chi connectivity index (χ1) is 12.0. The van der Waals surface area contributed by atoms with Crippen molar-refractivity contribution >= 4 is 49.8 Å². The molecule has 1 aromatic carbocycles. The third-order valence-electron chi connectivity index (χ3n) is 3.46. The minimum Gasteiger partial charge on any atom is -0.465 e. The van der Waals surface area contributed by atoms with Gasteiger partial charge in [0.2, 0.25) is 5.78 Å². The molecule has 0 amide bonds. The molecule has 0 fully saturated rings. The van der Waals surface area contributed by atoms with E-state index >= 15 is 0 Å². The van der Waals surface area contributed by atoms with E-state index < -0.39 is 0 Å². The number of fused-ring (bicyclic) bond motifs is 1. The second-order valence-corrected chi connectivity index (χ2v) is 7.50. The lowest BCUT2D eigenvalue weighted by Crippen LogP contribution is -2.06. The predicted molar refractivity (Wildman–Crippen MR) is 96.8 cm³/mol. The maximum atomic E-state index is 12.6. The third kappa shape index (κ3) is 3.62. The van der Waals surface area contributed by atoms with E-state index in [1.165, 1.54) is 29.8 Å². The molecule has 25 heavy (non-hydrogen) atoms. The molecule has 0 aliphatic heterocycles. The number of rotatable bonds is 5. The summed E-state index contributed by atoms with van der Waals surface area (Å²) in [5.41, 5.74) is 0.512. The monoisotopic (exact) mass is 374 g/mol. The van der Waals surface area contributed by atoms with Gasteiger partial charge in [-0.2, -0.15) is 0 Å². The van der Waals surface area contributed by atoms with Crippen molar-refractivity contribution in [1.82, 2.24) is 0 Å². The van der Waals surface area contributed by atoms with Gasteiger partial charge in [0.05, 0.1) is 16.0 Å². The number of ether oxygens (including phenoxy) is 2. The summed E-state index contributed by atoms with van der Waals surface area (Å²) in [5.74, 6) is -0.392. The molecule has 0 saturated carbocycles. The Hall–Kier alpha value is -2.51. The Morgan fingerprint density at radius 2 is 1.64 bits per heavy atom. The minimum absolute atomic E-state index is 0.110. The average Bonchev–Trinajstić information content (AvgIpc) is 3.20. The zero-order chi connectivity index (χ0) is 18.0. The topological polar surface area (TPSA) is 69.7 Å². The molecule has 0 radical (unpaired) electrons. The Balaban J connectivity index is 1.80. The molecule has 2 heterocycles. The van der Waals surface area contributed by atoms with Gasteiger partial charge in [0.25, 0.3) is 0 Å². The quantitative estimate of drug-likeness (QED) is 0.378. The fourth-order valence-electron chi connectivity index (χ4n) is 2.17. The van der Waals surface area contributed by atoms with Crippen molar-refractivity contribution in [3.63, 3.8) is 0 Å². The molecule has 0 aliphatic carbocycles. The van der Waals surface area contributed by atoms with E-state index in [1.54, 1.807) is 43.3 Å². The Morgan fingerprint density at radius 3 is 2.24 bits per heavy atom. The van der Waals surface area contributed by atoms with Crippen molar-refractivity contribution in [2.75, 3.05) is 7.11 Å². The summed E-state index contributed by atoms with van der Waals surface area (Å²) in [6.45, 7) is 1.72. The van der Waals surface area contributed by atoms with Gasteiger partial charge >= 0.3 is 11.9 Å². The second-order valence-electron chi connectivity index (χ2n) is 5.14. The summed E-state index contributed by atoms with van der Waals surface area (Å²) in [4.78, 5) is 36.5. The predicted octanol–water partition coefficient (Wildman–Crippen LogP) is 4.30. The highest BCUT2D eigenvalue weighted by Crippen LogP contribution is 2.35. The molecule has 5 nitrogen and oxygen atoms in total. The third-order valence-corrected chi connectivity index (χ3v) is 5.83. The first-order valence-corrected chi connectivity index (χ1v) is 9.12. The largest absolute Gasteiger partial charge is 0.465 e. The molecule has 0 aliphatic rings. The lowest BCUT2D eigenvalue weighted by Gasteiger charge is -2.03. The van der Waals surface area contributed by atoms with Crippen LogP contribution in [0.3, 0.4) is 0 Å². The van der Waals surface area contributed by atoms with Crippen LogP contribution in [0.25, 0.3) is 9.40 Å². The molecule has 0 unspecified atom stereocenters. The van der Waals surface area contributed by atoms with Crippen LogP contribution in [0, 0.1) is 0 Å². The number of ketones is 1. The molecule has 0 atom stereocenters. The van der Waals surface area contributed by atoms with E-state index in [0.717, 1.165) is 9.40 Å². The summed E-state index contributed by atoms with van der Waals surface area (Å²) in [7, 11) is 1.34. The number of hydrogen-bond acceptors (Lipinski definition) is 7. The molecule has 0 bridgehead atoms. The van der Waals surface area contributed by atoms with Gasteiger partial charge in [-0.3, -0.25) is 9.59 Å². The average molecular weight is 374 g/mol. The molecule has 2 aromatic heterocycles. The zero-order valence-electron chi connectivity index (χ0n) is 13.5. The lowest BCUT2D eigenvalue weighted by molar-refractivity contribution is -0.134. The normalized spacial score (nSPS) is 10.6. The van der Waals surface area contributed by atoms with Crippen molar-refractivity contribution in [3.05, 3.63) is 51.7 Å². The maximum absolute atomic E-state index is 12.6. The van der Waals surface area contributed by atoms with Gasteiger partial charge in [0.15, 0.2) is 0 Å². The first kappa shape index (κ1) is 17.3. The summed E-state index contributed by atoms with van der Waals surface area (Å²) >= 11 is 2.65. The molecule has 0 N–H and O–H groups in total. The number of methoxy groups -OCH3 is 1. The van der Waals surface area contributed by atoms with Gasteiger partial charge in [-0.25, -0.2) is 4.79 Å². The molecular formula is C18H14O5S2. The van der Waals surface area contributed by atoms with E-state index in [1.807, 2.05) is 0 Å². The van der Waals surface area contributed by atoms with Crippen molar-refractivity contribution in [3.8, 4) is 5.75 Å². The number of hydrogen-bond donors (Lipinski definition) is 0. The van der Waals surface area contributed by atoms with Crippen LogP contribution >= 0.6 is 22.7 Å². The molecule has 0 saturated heterocycles. The second kappa shape index (κ2) is 7.16. The first-order valence-electron chi connectivity index (χ1n) is 7.49. The Bertz CT molecular complexity index is 918. The zero-order valence-corrected chi connectivity index (χ0v) is 15.2. The van der Waals surface area contributed by atoms with Gasteiger partial charge in [0.1, 0.15) is 10.6 Å². The molecule has 0 spiro atoms. The SMILES string of the molecule is CCC(=O)Oc1ccc(C(=O)c2cc3cc(C(=O)OC)sc3s2)cc1. The molecule has 7 heteroatoms. The number of thiophene rings is 2. The van der Waals surface area contributed by atoms with Crippen LogP contribution in [0.4, 0.5) is 0 Å². The Morgan fingerprint density at radius 1 is 1.00 bits per heavy atom. The summed E-state index contributed by atoms with van der Waals surface area (Å²) in [6, 6.07) is 9.98. The van der Waals surface area contributed by atoms with Crippen LogP contribution in [-0.2, 0) is 9.53 Å². The van der Waals surface area contributed by atoms with E-state index in [9.17, 15) is 14.4 Å². The number of esters is 2. The van der Waals surface area contributed by atoms with E-state index in [-0.39, 0.29) is 17.7 Å². The standard InChI is InChI=1S/C18H14O5S2/c1-3-15(19)23-12-6-4-10(5-7-12)16(20)13-8-11-9-14(17(21)22-2)25-18(11)24-13/h4-9H,3H2,1-2H3. The highest BCUT2D eigenvalue weighted by Gasteiger charge is 2.17. The van der Waals surface area contributed by atoms with Crippen molar-refractivity contribution in [2.24, 2.45) is 0 Å². The number of carbonyl (C=O) groups excluding carboxylic acids is 3.